The predicted octanol–water partition coefficient (Wildman–Crippen LogP) is 2.73. The Morgan fingerprint density at radius 1 is 1.52 bits per heavy atom. The summed E-state index contributed by atoms with van der Waals surface area (Å²) in [7, 11) is 1.67. The van der Waals surface area contributed by atoms with Crippen molar-refractivity contribution < 1.29 is 9.53 Å². The lowest BCUT2D eigenvalue weighted by Gasteiger charge is -2.34. The zero-order valence-corrected chi connectivity index (χ0v) is 13.3. The van der Waals surface area contributed by atoms with Gasteiger partial charge < -0.3 is 15.4 Å². The van der Waals surface area contributed by atoms with Crippen LogP contribution in [-0.4, -0.2) is 31.0 Å². The van der Waals surface area contributed by atoms with Gasteiger partial charge in [-0.3, -0.25) is 4.79 Å². The van der Waals surface area contributed by atoms with E-state index in [-0.39, 0.29) is 11.9 Å². The van der Waals surface area contributed by atoms with Crippen LogP contribution >= 0.6 is 0 Å². The second kappa shape index (κ2) is 6.48. The number of hydrogen-bond acceptors (Lipinski definition) is 3. The number of nitrogens with zero attached hydrogens (tertiary/aromatic N) is 1. The third-order valence-electron chi connectivity index (χ3n) is 4.74. The first-order valence-electron chi connectivity index (χ1n) is 7.71. The van der Waals surface area contributed by atoms with Crippen LogP contribution in [0.15, 0.2) is 24.3 Å². The molecule has 2 rings (SSSR count). The topological polar surface area (TPSA) is 55.6 Å². The molecule has 2 atom stereocenters. The van der Waals surface area contributed by atoms with E-state index in [1.54, 1.807) is 7.11 Å². The summed E-state index contributed by atoms with van der Waals surface area (Å²) in [6, 6.07) is 8.16. The highest BCUT2D eigenvalue weighted by Gasteiger charge is 2.39. The fraction of sp³-hybridized carbons (Fsp3) is 0.588. The van der Waals surface area contributed by atoms with Crippen LogP contribution in [0.5, 0.6) is 5.75 Å². The molecule has 0 spiro atoms. The van der Waals surface area contributed by atoms with Gasteiger partial charge in [-0.05, 0) is 43.9 Å². The Morgan fingerprint density at radius 3 is 2.90 bits per heavy atom. The first kappa shape index (κ1) is 15.8. The van der Waals surface area contributed by atoms with Crippen molar-refractivity contribution in [3.05, 3.63) is 29.8 Å². The van der Waals surface area contributed by atoms with Crippen molar-refractivity contribution >= 4 is 5.91 Å². The molecule has 1 aromatic carbocycles. The van der Waals surface area contributed by atoms with Crippen molar-refractivity contribution in [3.8, 4) is 5.75 Å². The summed E-state index contributed by atoms with van der Waals surface area (Å²) in [6.45, 7) is 5.21. The van der Waals surface area contributed by atoms with Gasteiger partial charge in [-0.1, -0.05) is 19.1 Å². The van der Waals surface area contributed by atoms with E-state index in [4.69, 9.17) is 10.5 Å². The molecule has 0 aliphatic carbocycles. The van der Waals surface area contributed by atoms with Crippen molar-refractivity contribution in [2.75, 3.05) is 20.2 Å². The standard InChI is InChI=1S/C17H26N2O2/c1-4-17(2,12-18)16(20)19-10-6-9-15(19)13-7-5-8-14(11-13)21-3/h5,7-8,11,15H,4,6,9-10,12,18H2,1-3H3. The van der Waals surface area contributed by atoms with Crippen LogP contribution in [0.1, 0.15) is 44.7 Å². The molecule has 4 heteroatoms. The van der Waals surface area contributed by atoms with E-state index in [0.29, 0.717) is 6.54 Å². The second-order valence-electron chi connectivity index (χ2n) is 6.05. The largest absolute Gasteiger partial charge is 0.497 e. The van der Waals surface area contributed by atoms with Crippen LogP contribution in [0.3, 0.4) is 0 Å². The number of methoxy groups -OCH3 is 1. The normalized spacial score (nSPS) is 21.1. The molecule has 1 heterocycles. The highest BCUT2D eigenvalue weighted by atomic mass is 16.5. The molecule has 0 radical (unpaired) electrons. The Balaban J connectivity index is 2.26. The minimum absolute atomic E-state index is 0.144. The molecule has 1 amide bonds. The molecule has 2 unspecified atom stereocenters. The number of likely N-dealkylation sites (tertiary alicyclic amines) is 1. The zero-order chi connectivity index (χ0) is 15.5. The van der Waals surface area contributed by atoms with Gasteiger partial charge in [-0.25, -0.2) is 0 Å². The predicted molar refractivity (Wildman–Crippen MR) is 84.1 cm³/mol. The molecule has 1 aliphatic rings. The lowest BCUT2D eigenvalue weighted by molar-refractivity contribution is -0.142. The maximum absolute atomic E-state index is 12.9. The molecule has 116 valence electrons. The highest BCUT2D eigenvalue weighted by Crippen LogP contribution is 2.37. The van der Waals surface area contributed by atoms with Gasteiger partial charge in [0.05, 0.1) is 18.6 Å². The number of ether oxygens (including phenoxy) is 1. The number of rotatable bonds is 5. The van der Waals surface area contributed by atoms with Crippen molar-refractivity contribution in [1.82, 2.24) is 4.90 Å². The van der Waals surface area contributed by atoms with Gasteiger partial charge in [0, 0.05) is 13.1 Å². The van der Waals surface area contributed by atoms with E-state index >= 15 is 0 Å². The molecule has 1 aromatic rings. The Hall–Kier alpha value is -1.55. The monoisotopic (exact) mass is 290 g/mol. The number of amides is 1. The van der Waals surface area contributed by atoms with Gasteiger partial charge in [0.15, 0.2) is 0 Å². The summed E-state index contributed by atoms with van der Waals surface area (Å²) in [5.41, 5.74) is 6.54. The summed E-state index contributed by atoms with van der Waals surface area (Å²) >= 11 is 0. The van der Waals surface area contributed by atoms with Crippen LogP contribution in [0, 0.1) is 5.41 Å². The maximum Gasteiger partial charge on any atom is 0.230 e. The fourth-order valence-electron chi connectivity index (χ4n) is 2.93. The van der Waals surface area contributed by atoms with Crippen LogP contribution in [-0.2, 0) is 4.79 Å². The average Bonchev–Trinajstić information content (AvgIpc) is 3.02. The van der Waals surface area contributed by atoms with Crippen molar-refractivity contribution in [2.45, 2.75) is 39.2 Å². The van der Waals surface area contributed by atoms with Crippen molar-refractivity contribution in [2.24, 2.45) is 11.1 Å². The quantitative estimate of drug-likeness (QED) is 0.907. The van der Waals surface area contributed by atoms with E-state index in [2.05, 4.69) is 6.07 Å². The Kier molecular flexibility index (Phi) is 4.88. The van der Waals surface area contributed by atoms with Gasteiger partial charge in [-0.2, -0.15) is 0 Å². The molecule has 1 aliphatic heterocycles. The van der Waals surface area contributed by atoms with Crippen LogP contribution < -0.4 is 10.5 Å². The van der Waals surface area contributed by atoms with Gasteiger partial charge in [0.25, 0.3) is 0 Å². The fourth-order valence-corrected chi connectivity index (χ4v) is 2.93. The number of carbonyl (C=O) groups excluding carboxylic acids is 1. The lowest BCUT2D eigenvalue weighted by atomic mass is 9.85. The SMILES string of the molecule is CCC(C)(CN)C(=O)N1CCCC1c1cccc(OC)c1. The highest BCUT2D eigenvalue weighted by molar-refractivity contribution is 5.83. The van der Waals surface area contributed by atoms with Crippen LogP contribution in [0.25, 0.3) is 0 Å². The number of benzene rings is 1. The molecule has 0 bridgehead atoms. The zero-order valence-electron chi connectivity index (χ0n) is 13.3. The third-order valence-corrected chi connectivity index (χ3v) is 4.74. The summed E-state index contributed by atoms with van der Waals surface area (Å²) in [5.74, 6) is 1.02. The lowest BCUT2D eigenvalue weighted by Crippen LogP contribution is -2.45. The van der Waals surface area contributed by atoms with E-state index in [0.717, 1.165) is 37.1 Å². The summed E-state index contributed by atoms with van der Waals surface area (Å²) < 4.78 is 5.30. The average molecular weight is 290 g/mol. The van der Waals surface area contributed by atoms with E-state index in [1.807, 2.05) is 36.9 Å². The molecular formula is C17H26N2O2. The Morgan fingerprint density at radius 2 is 2.29 bits per heavy atom. The first-order chi connectivity index (χ1) is 10.1. The van der Waals surface area contributed by atoms with Gasteiger partial charge >= 0.3 is 0 Å². The summed E-state index contributed by atoms with van der Waals surface area (Å²) in [4.78, 5) is 14.9. The molecule has 0 saturated carbocycles. The summed E-state index contributed by atoms with van der Waals surface area (Å²) in [5, 5.41) is 0. The minimum atomic E-state index is -0.457. The molecule has 4 nitrogen and oxygen atoms in total. The maximum atomic E-state index is 12.9. The van der Waals surface area contributed by atoms with E-state index < -0.39 is 5.41 Å². The van der Waals surface area contributed by atoms with Crippen LogP contribution in [0.4, 0.5) is 0 Å². The Labute approximate surface area is 127 Å². The number of carbonyl (C=O) groups is 1. The molecule has 0 aromatic heterocycles. The van der Waals surface area contributed by atoms with Crippen LogP contribution in [0.2, 0.25) is 0 Å². The first-order valence-corrected chi connectivity index (χ1v) is 7.71. The molecular weight excluding hydrogens is 264 g/mol. The molecule has 1 fully saturated rings. The van der Waals surface area contributed by atoms with Crippen molar-refractivity contribution in [1.29, 1.82) is 0 Å². The van der Waals surface area contributed by atoms with Gasteiger partial charge in [-0.15, -0.1) is 0 Å². The Bertz CT molecular complexity index is 497. The van der Waals surface area contributed by atoms with E-state index in [1.165, 1.54) is 0 Å². The molecule has 1 saturated heterocycles. The molecule has 2 N–H and O–H groups in total. The smallest absolute Gasteiger partial charge is 0.230 e. The van der Waals surface area contributed by atoms with Crippen molar-refractivity contribution in [3.63, 3.8) is 0 Å². The minimum Gasteiger partial charge on any atom is -0.497 e. The van der Waals surface area contributed by atoms with E-state index in [9.17, 15) is 4.79 Å². The van der Waals surface area contributed by atoms with Gasteiger partial charge in [0.2, 0.25) is 5.91 Å². The third kappa shape index (κ3) is 3.05. The number of nitrogens with two attached hydrogens (primary N) is 1. The number of hydrogen-bond donors (Lipinski definition) is 1. The molecule has 21 heavy (non-hydrogen) atoms. The summed E-state index contributed by atoms with van der Waals surface area (Å²) in [6.07, 6.45) is 2.81. The second-order valence-corrected chi connectivity index (χ2v) is 6.05. The van der Waals surface area contributed by atoms with Gasteiger partial charge in [0.1, 0.15) is 5.75 Å².